The third-order valence-corrected chi connectivity index (χ3v) is 4.52. The Kier molecular flexibility index (Phi) is 6.23. The van der Waals surface area contributed by atoms with E-state index in [1.54, 1.807) is 38.3 Å². The van der Waals surface area contributed by atoms with Crippen LogP contribution in [-0.4, -0.2) is 28.2 Å². The van der Waals surface area contributed by atoms with Crippen LogP contribution in [0, 0.1) is 11.7 Å². The topological polar surface area (TPSA) is 81.5 Å². The van der Waals surface area contributed by atoms with Crippen molar-refractivity contribution in [1.82, 2.24) is 14.9 Å². The highest BCUT2D eigenvalue weighted by Crippen LogP contribution is 2.31. The van der Waals surface area contributed by atoms with Gasteiger partial charge in [0.15, 0.2) is 11.5 Å². The van der Waals surface area contributed by atoms with Crippen LogP contribution in [0.1, 0.15) is 16.8 Å². The lowest BCUT2D eigenvalue weighted by molar-refractivity contribution is 0.284. The summed E-state index contributed by atoms with van der Waals surface area (Å²) in [5.41, 5.74) is 1.30. The first-order chi connectivity index (χ1) is 13.5. The first kappa shape index (κ1) is 19.8. The smallest absolute Gasteiger partial charge is 0.296 e. The van der Waals surface area contributed by atoms with E-state index in [-0.39, 0.29) is 17.1 Å². The Morgan fingerprint density at radius 3 is 2.82 bits per heavy atom. The molecule has 0 unspecified atom stereocenters. The second-order valence-electron chi connectivity index (χ2n) is 5.73. The fourth-order valence-corrected chi connectivity index (χ4v) is 2.78. The molecule has 0 spiro atoms. The van der Waals surface area contributed by atoms with Gasteiger partial charge in [0.2, 0.25) is 4.77 Å². The number of aryl methyl sites for hydroxylation is 1. The molecule has 0 saturated carbocycles. The number of nitrogens with zero attached hydrogens (tertiary/aromatic N) is 3. The molecule has 9 heteroatoms. The van der Waals surface area contributed by atoms with Crippen LogP contribution in [0.15, 0.2) is 52.4 Å². The monoisotopic (exact) mass is 416 g/mol. The van der Waals surface area contributed by atoms with Crippen LogP contribution in [0.25, 0.3) is 0 Å². The van der Waals surface area contributed by atoms with Gasteiger partial charge in [-0.3, -0.25) is 9.89 Å². The number of aromatic amines is 1. The highest BCUT2D eigenvalue weighted by Gasteiger charge is 2.11. The van der Waals surface area contributed by atoms with Crippen LogP contribution in [0.4, 0.5) is 0 Å². The summed E-state index contributed by atoms with van der Waals surface area (Å²) in [6, 6.07) is 12.8. The van der Waals surface area contributed by atoms with Gasteiger partial charge in [-0.05, 0) is 37.3 Å². The van der Waals surface area contributed by atoms with Gasteiger partial charge in [0.1, 0.15) is 12.3 Å². The third-order valence-electron chi connectivity index (χ3n) is 3.88. The van der Waals surface area contributed by atoms with E-state index in [9.17, 15) is 4.79 Å². The molecule has 0 aliphatic rings. The summed E-state index contributed by atoms with van der Waals surface area (Å²) in [5.74, 6) is 1.00. The number of nitrogens with one attached hydrogen (secondary N) is 1. The number of ether oxygens (including phenoxy) is 2. The van der Waals surface area contributed by atoms with E-state index in [2.05, 4.69) is 15.3 Å². The lowest BCUT2D eigenvalue weighted by atomic mass is 10.2. The van der Waals surface area contributed by atoms with Gasteiger partial charge in [-0.15, -0.1) is 0 Å². The number of para-hydroxylation sites is 1. The molecule has 28 heavy (non-hydrogen) atoms. The molecule has 0 atom stereocenters. The molecule has 0 saturated heterocycles. The molecule has 0 radical (unpaired) electrons. The second kappa shape index (κ2) is 8.81. The molecular weight excluding hydrogens is 400 g/mol. The number of halogens is 1. The van der Waals surface area contributed by atoms with Gasteiger partial charge in [-0.1, -0.05) is 35.9 Å². The Bertz CT molecular complexity index is 1140. The summed E-state index contributed by atoms with van der Waals surface area (Å²) < 4.78 is 12.5. The van der Waals surface area contributed by atoms with Crippen LogP contribution < -0.4 is 15.0 Å². The highest BCUT2D eigenvalue weighted by molar-refractivity contribution is 7.71. The number of rotatable bonds is 6. The predicted molar refractivity (Wildman–Crippen MR) is 110 cm³/mol. The van der Waals surface area contributed by atoms with Crippen molar-refractivity contribution < 1.29 is 9.47 Å². The predicted octanol–water partition coefficient (Wildman–Crippen LogP) is 3.73. The summed E-state index contributed by atoms with van der Waals surface area (Å²) in [6.45, 7) is 1.82. The van der Waals surface area contributed by atoms with Crippen LogP contribution >= 0.6 is 23.8 Å². The molecule has 0 aliphatic carbocycles. The minimum Gasteiger partial charge on any atom is -0.493 e. The number of hydrogen-bond donors (Lipinski definition) is 1. The number of methoxy groups -OCH3 is 1. The van der Waals surface area contributed by atoms with Crippen LogP contribution in [0.2, 0.25) is 5.02 Å². The number of H-pyrrole nitrogens is 1. The van der Waals surface area contributed by atoms with E-state index < -0.39 is 5.56 Å². The van der Waals surface area contributed by atoms with Gasteiger partial charge in [0, 0.05) is 16.1 Å². The second-order valence-corrected chi connectivity index (χ2v) is 6.53. The van der Waals surface area contributed by atoms with Crippen molar-refractivity contribution in [2.45, 2.75) is 13.5 Å². The molecule has 3 aromatic rings. The van der Waals surface area contributed by atoms with Crippen LogP contribution in [-0.2, 0) is 6.61 Å². The number of benzene rings is 2. The normalized spacial score (nSPS) is 11.0. The van der Waals surface area contributed by atoms with Crippen molar-refractivity contribution in [2.24, 2.45) is 5.10 Å². The Morgan fingerprint density at radius 1 is 1.29 bits per heavy atom. The quantitative estimate of drug-likeness (QED) is 0.489. The molecule has 3 rings (SSSR count). The maximum absolute atomic E-state index is 12.2. The van der Waals surface area contributed by atoms with E-state index in [0.717, 1.165) is 10.2 Å². The lowest BCUT2D eigenvalue weighted by Crippen LogP contribution is -2.22. The summed E-state index contributed by atoms with van der Waals surface area (Å²) in [5, 5.41) is 11.2. The Hall–Kier alpha value is -2.97. The maximum Gasteiger partial charge on any atom is 0.296 e. The van der Waals surface area contributed by atoms with Crippen LogP contribution in [0.5, 0.6) is 11.5 Å². The van der Waals surface area contributed by atoms with Gasteiger partial charge < -0.3 is 9.47 Å². The fraction of sp³-hybridized carbons (Fsp3) is 0.158. The molecule has 1 heterocycles. The van der Waals surface area contributed by atoms with Gasteiger partial charge in [-0.25, -0.2) is 0 Å². The first-order valence-electron chi connectivity index (χ1n) is 8.27. The van der Waals surface area contributed by atoms with Gasteiger partial charge >= 0.3 is 0 Å². The van der Waals surface area contributed by atoms with Crippen molar-refractivity contribution in [3.63, 3.8) is 0 Å². The summed E-state index contributed by atoms with van der Waals surface area (Å²) in [6.07, 6.45) is 1.48. The summed E-state index contributed by atoms with van der Waals surface area (Å²) in [4.78, 5) is 12.2. The van der Waals surface area contributed by atoms with Crippen molar-refractivity contribution in [1.29, 1.82) is 0 Å². The Balaban J connectivity index is 1.96. The molecule has 0 fully saturated rings. The molecule has 7 nitrogen and oxygen atoms in total. The zero-order valence-corrected chi connectivity index (χ0v) is 16.8. The summed E-state index contributed by atoms with van der Waals surface area (Å²) in [7, 11) is 1.55. The van der Waals surface area contributed by atoms with E-state index in [1.165, 1.54) is 6.21 Å². The van der Waals surface area contributed by atoms with E-state index >= 15 is 0 Å². The van der Waals surface area contributed by atoms with Crippen molar-refractivity contribution >= 4 is 30.0 Å². The van der Waals surface area contributed by atoms with E-state index in [0.29, 0.717) is 22.1 Å². The first-order valence-corrected chi connectivity index (χ1v) is 9.05. The molecule has 1 aromatic heterocycles. The minimum absolute atomic E-state index is 0.0910. The maximum atomic E-state index is 12.2. The average molecular weight is 417 g/mol. The van der Waals surface area contributed by atoms with E-state index in [1.807, 2.05) is 18.2 Å². The molecule has 0 amide bonds. The number of aromatic nitrogens is 3. The third kappa shape index (κ3) is 4.29. The molecule has 2 aromatic carbocycles. The van der Waals surface area contributed by atoms with Gasteiger partial charge in [0.05, 0.1) is 13.3 Å². The van der Waals surface area contributed by atoms with E-state index in [4.69, 9.17) is 33.3 Å². The van der Waals surface area contributed by atoms with Gasteiger partial charge in [-0.2, -0.15) is 14.9 Å². The molecule has 0 aliphatic heterocycles. The van der Waals surface area contributed by atoms with Crippen molar-refractivity contribution in [3.05, 3.63) is 79.4 Å². The fourth-order valence-electron chi connectivity index (χ4n) is 2.41. The molecule has 0 bridgehead atoms. The highest BCUT2D eigenvalue weighted by atomic mass is 35.5. The molecule has 144 valence electrons. The lowest BCUT2D eigenvalue weighted by Gasteiger charge is -2.14. The summed E-state index contributed by atoms with van der Waals surface area (Å²) >= 11 is 11.3. The number of hydrogen-bond acceptors (Lipinski definition) is 6. The van der Waals surface area contributed by atoms with Crippen molar-refractivity contribution in [3.8, 4) is 11.5 Å². The minimum atomic E-state index is -0.401. The average Bonchev–Trinajstić information content (AvgIpc) is 2.70. The molecule has 1 N–H and O–H groups in total. The zero-order chi connectivity index (χ0) is 20.1. The van der Waals surface area contributed by atoms with Crippen LogP contribution in [0.3, 0.4) is 0 Å². The molecular formula is C19H17ClN4O3S. The Morgan fingerprint density at radius 2 is 2.07 bits per heavy atom. The largest absolute Gasteiger partial charge is 0.493 e. The van der Waals surface area contributed by atoms with Crippen molar-refractivity contribution in [2.75, 3.05) is 7.11 Å². The zero-order valence-electron chi connectivity index (χ0n) is 15.2. The SMILES string of the molecule is COc1cccc(/C=N/n2c(=S)[nH]nc(C)c2=O)c1OCc1ccccc1Cl. The Labute approximate surface area is 171 Å². The van der Waals surface area contributed by atoms with Gasteiger partial charge in [0.25, 0.3) is 5.56 Å². The standard InChI is InChI=1S/C19H17ClN4O3S/c1-12-18(25)24(19(28)23-22-12)21-10-13-7-5-9-16(26-2)17(13)27-11-14-6-3-4-8-15(14)20/h3-10H,11H2,1-2H3,(H,23,28)/b21-10+.